The van der Waals surface area contributed by atoms with Gasteiger partial charge in [-0.05, 0) is 6.92 Å². The summed E-state index contributed by atoms with van der Waals surface area (Å²) in [7, 11) is 1.40. The van der Waals surface area contributed by atoms with Crippen LogP contribution in [0.25, 0.3) is 0 Å². The van der Waals surface area contributed by atoms with E-state index in [1.807, 2.05) is 0 Å². The van der Waals surface area contributed by atoms with E-state index >= 15 is 0 Å². The highest BCUT2D eigenvalue weighted by Crippen LogP contribution is 1.90. The summed E-state index contributed by atoms with van der Waals surface area (Å²) in [5.74, 6) is -0.770. The molecule has 3 amide bonds. The summed E-state index contributed by atoms with van der Waals surface area (Å²) < 4.78 is 0. The number of hydrogen-bond donors (Lipinski definition) is 4. The Kier molecular flexibility index (Phi) is 4.06. The highest BCUT2D eigenvalue weighted by Gasteiger charge is 2.22. The maximum absolute atomic E-state index is 10.7. The molecule has 2 unspecified atom stereocenters. The SMILES string of the molecule is CNC(=O)NC(C(N)=O)C(C)O. The molecule has 70 valence electrons. The lowest BCUT2D eigenvalue weighted by molar-refractivity contribution is -0.122. The van der Waals surface area contributed by atoms with Crippen LogP contribution in [0.5, 0.6) is 0 Å². The first-order valence-corrected chi connectivity index (χ1v) is 3.44. The topological polar surface area (TPSA) is 104 Å². The third kappa shape index (κ3) is 3.20. The molecule has 0 aromatic heterocycles. The molecular formula is C6H13N3O3. The summed E-state index contributed by atoms with van der Waals surface area (Å²) in [6.07, 6.45) is -1.00. The van der Waals surface area contributed by atoms with E-state index in [0.717, 1.165) is 0 Å². The molecule has 0 rings (SSSR count). The molecule has 12 heavy (non-hydrogen) atoms. The standard InChI is InChI=1S/C6H13N3O3/c1-3(10)4(5(7)11)9-6(12)8-2/h3-4,10H,1-2H3,(H2,7,11)(H2,8,9,12). The van der Waals surface area contributed by atoms with Gasteiger partial charge in [-0.1, -0.05) is 0 Å². The fourth-order valence-electron chi connectivity index (χ4n) is 0.643. The van der Waals surface area contributed by atoms with Crippen LogP contribution in [0.15, 0.2) is 0 Å². The van der Waals surface area contributed by atoms with Crippen molar-refractivity contribution >= 4 is 11.9 Å². The molecule has 6 nitrogen and oxygen atoms in total. The number of nitrogens with two attached hydrogens (primary N) is 1. The van der Waals surface area contributed by atoms with Gasteiger partial charge in [0.25, 0.3) is 0 Å². The Morgan fingerprint density at radius 2 is 2.00 bits per heavy atom. The molecule has 0 aromatic rings. The molecule has 0 heterocycles. The molecule has 0 saturated carbocycles. The predicted octanol–water partition coefficient (Wildman–Crippen LogP) is -1.85. The highest BCUT2D eigenvalue weighted by atomic mass is 16.3. The van der Waals surface area contributed by atoms with Gasteiger partial charge in [-0.2, -0.15) is 0 Å². The van der Waals surface area contributed by atoms with Crippen LogP contribution >= 0.6 is 0 Å². The quantitative estimate of drug-likeness (QED) is 0.404. The number of amides is 3. The number of aliphatic hydroxyl groups is 1. The summed E-state index contributed by atoms with van der Waals surface area (Å²) in [4.78, 5) is 21.3. The van der Waals surface area contributed by atoms with Crippen molar-refractivity contribution in [3.63, 3.8) is 0 Å². The number of aliphatic hydroxyl groups excluding tert-OH is 1. The molecule has 0 aliphatic carbocycles. The molecule has 0 aromatic carbocycles. The van der Waals surface area contributed by atoms with Crippen LogP contribution in [0.1, 0.15) is 6.92 Å². The van der Waals surface area contributed by atoms with Gasteiger partial charge in [-0.25, -0.2) is 4.79 Å². The molecule has 5 N–H and O–H groups in total. The van der Waals surface area contributed by atoms with Crippen LogP contribution in [0.2, 0.25) is 0 Å². The largest absolute Gasteiger partial charge is 0.391 e. The van der Waals surface area contributed by atoms with Gasteiger partial charge >= 0.3 is 6.03 Å². The van der Waals surface area contributed by atoms with E-state index in [4.69, 9.17) is 10.8 Å². The van der Waals surface area contributed by atoms with Crippen molar-refractivity contribution in [3.8, 4) is 0 Å². The van der Waals surface area contributed by atoms with Gasteiger partial charge in [-0.3, -0.25) is 4.79 Å². The Morgan fingerprint density at radius 3 is 2.25 bits per heavy atom. The lowest BCUT2D eigenvalue weighted by atomic mass is 10.2. The van der Waals surface area contributed by atoms with E-state index in [0.29, 0.717) is 0 Å². The smallest absolute Gasteiger partial charge is 0.315 e. The molecule has 0 aliphatic heterocycles. The van der Waals surface area contributed by atoms with Crippen LogP contribution in [0.3, 0.4) is 0 Å². The molecule has 0 bridgehead atoms. The third-order valence-electron chi connectivity index (χ3n) is 1.30. The van der Waals surface area contributed by atoms with E-state index in [1.54, 1.807) is 0 Å². The zero-order chi connectivity index (χ0) is 9.72. The lowest BCUT2D eigenvalue weighted by Crippen LogP contribution is -2.52. The van der Waals surface area contributed by atoms with Gasteiger partial charge in [-0.15, -0.1) is 0 Å². The molecule has 6 heteroatoms. The minimum atomic E-state index is -1.05. The van der Waals surface area contributed by atoms with E-state index in [-0.39, 0.29) is 0 Å². The van der Waals surface area contributed by atoms with E-state index in [9.17, 15) is 9.59 Å². The Bertz CT molecular complexity index is 181. The number of primary amides is 1. The molecule has 0 radical (unpaired) electrons. The minimum absolute atomic E-state index is 0.556. The summed E-state index contributed by atoms with van der Waals surface area (Å²) in [5.41, 5.74) is 4.90. The highest BCUT2D eigenvalue weighted by molar-refractivity contribution is 5.86. The number of nitrogens with one attached hydrogen (secondary N) is 2. The number of urea groups is 1. The van der Waals surface area contributed by atoms with Gasteiger partial charge in [0.05, 0.1) is 6.10 Å². The minimum Gasteiger partial charge on any atom is -0.391 e. The van der Waals surface area contributed by atoms with Crippen LogP contribution in [-0.4, -0.2) is 36.2 Å². The Hall–Kier alpha value is -1.30. The number of hydrogen-bond acceptors (Lipinski definition) is 3. The second-order valence-corrected chi connectivity index (χ2v) is 2.34. The predicted molar refractivity (Wildman–Crippen MR) is 42.3 cm³/mol. The third-order valence-corrected chi connectivity index (χ3v) is 1.30. The van der Waals surface area contributed by atoms with Gasteiger partial charge in [0.1, 0.15) is 6.04 Å². The van der Waals surface area contributed by atoms with Crippen molar-refractivity contribution in [1.29, 1.82) is 0 Å². The number of carbonyl (C=O) groups is 2. The maximum Gasteiger partial charge on any atom is 0.315 e. The summed E-state index contributed by atoms with van der Waals surface area (Å²) in [6, 6.07) is -1.61. The van der Waals surface area contributed by atoms with Crippen molar-refractivity contribution in [2.24, 2.45) is 5.73 Å². The van der Waals surface area contributed by atoms with Gasteiger partial charge in [0, 0.05) is 7.05 Å². The average molecular weight is 175 g/mol. The average Bonchev–Trinajstić information content (AvgIpc) is 1.98. The summed E-state index contributed by atoms with van der Waals surface area (Å²) in [5, 5.41) is 13.4. The Labute approximate surface area is 70.1 Å². The maximum atomic E-state index is 10.7. The van der Waals surface area contributed by atoms with Gasteiger partial charge < -0.3 is 21.5 Å². The van der Waals surface area contributed by atoms with Crippen LogP contribution in [-0.2, 0) is 4.79 Å². The van der Waals surface area contributed by atoms with Crippen molar-refractivity contribution in [2.75, 3.05) is 7.05 Å². The molecule has 2 atom stereocenters. The van der Waals surface area contributed by atoms with Crippen molar-refractivity contribution in [2.45, 2.75) is 19.1 Å². The first-order valence-electron chi connectivity index (χ1n) is 3.44. The lowest BCUT2D eigenvalue weighted by Gasteiger charge is -2.17. The van der Waals surface area contributed by atoms with Gasteiger partial charge in [0.15, 0.2) is 0 Å². The fraction of sp³-hybridized carbons (Fsp3) is 0.667. The summed E-state index contributed by atoms with van der Waals surface area (Å²) >= 11 is 0. The molecule has 0 spiro atoms. The van der Waals surface area contributed by atoms with E-state index < -0.39 is 24.1 Å². The molecule has 0 aliphatic rings. The van der Waals surface area contributed by atoms with E-state index in [1.165, 1.54) is 14.0 Å². The number of carbonyl (C=O) groups excluding carboxylic acids is 2. The van der Waals surface area contributed by atoms with Crippen molar-refractivity contribution < 1.29 is 14.7 Å². The zero-order valence-electron chi connectivity index (χ0n) is 7.00. The second kappa shape index (κ2) is 4.55. The first-order chi connectivity index (χ1) is 5.49. The van der Waals surface area contributed by atoms with Crippen molar-refractivity contribution in [3.05, 3.63) is 0 Å². The van der Waals surface area contributed by atoms with E-state index in [2.05, 4.69) is 10.6 Å². The molecule has 0 fully saturated rings. The summed E-state index contributed by atoms with van der Waals surface area (Å²) in [6.45, 7) is 1.37. The van der Waals surface area contributed by atoms with Crippen molar-refractivity contribution in [1.82, 2.24) is 10.6 Å². The second-order valence-electron chi connectivity index (χ2n) is 2.34. The Balaban J connectivity index is 4.14. The first kappa shape index (κ1) is 10.7. The fourth-order valence-corrected chi connectivity index (χ4v) is 0.643. The monoisotopic (exact) mass is 175 g/mol. The zero-order valence-corrected chi connectivity index (χ0v) is 7.00. The number of rotatable bonds is 3. The van der Waals surface area contributed by atoms with Gasteiger partial charge in [0.2, 0.25) is 5.91 Å². The van der Waals surface area contributed by atoms with Crippen LogP contribution in [0, 0.1) is 0 Å². The Morgan fingerprint density at radius 1 is 1.50 bits per heavy atom. The van der Waals surface area contributed by atoms with Crippen LogP contribution < -0.4 is 16.4 Å². The normalized spacial score (nSPS) is 14.6. The van der Waals surface area contributed by atoms with Crippen LogP contribution in [0.4, 0.5) is 4.79 Å². The molecule has 0 saturated heterocycles. The molecular weight excluding hydrogens is 162 g/mol.